The van der Waals surface area contributed by atoms with Crippen molar-refractivity contribution >= 4 is 5.91 Å². The SMILES string of the molecule is CNCCN(C)C(=O)C1CCCCN1Cc1ccc(F)cc1. The second-order valence-corrected chi connectivity index (χ2v) is 5.97. The van der Waals surface area contributed by atoms with Gasteiger partial charge in [0.25, 0.3) is 0 Å². The Labute approximate surface area is 132 Å². The van der Waals surface area contributed by atoms with Crippen molar-refractivity contribution in [3.8, 4) is 0 Å². The van der Waals surface area contributed by atoms with E-state index >= 15 is 0 Å². The van der Waals surface area contributed by atoms with Gasteiger partial charge < -0.3 is 10.2 Å². The molecular weight excluding hydrogens is 281 g/mol. The molecule has 1 aromatic carbocycles. The van der Waals surface area contributed by atoms with Crippen LogP contribution in [0, 0.1) is 5.82 Å². The van der Waals surface area contributed by atoms with Gasteiger partial charge in [0.15, 0.2) is 0 Å². The van der Waals surface area contributed by atoms with Crippen molar-refractivity contribution in [2.45, 2.75) is 31.8 Å². The lowest BCUT2D eigenvalue weighted by atomic mass is 10.00. The summed E-state index contributed by atoms with van der Waals surface area (Å²) in [5, 5.41) is 3.07. The first-order valence-corrected chi connectivity index (χ1v) is 8.00. The maximum Gasteiger partial charge on any atom is 0.239 e. The number of carbonyl (C=O) groups is 1. The van der Waals surface area contributed by atoms with Gasteiger partial charge in [0.1, 0.15) is 5.82 Å². The number of halogens is 1. The average Bonchev–Trinajstić information content (AvgIpc) is 2.54. The van der Waals surface area contributed by atoms with Gasteiger partial charge in [-0.2, -0.15) is 0 Å². The van der Waals surface area contributed by atoms with Crippen molar-refractivity contribution in [3.63, 3.8) is 0 Å². The first kappa shape index (κ1) is 16.9. The van der Waals surface area contributed by atoms with E-state index in [1.165, 1.54) is 12.1 Å². The summed E-state index contributed by atoms with van der Waals surface area (Å²) in [6.07, 6.45) is 3.12. The summed E-state index contributed by atoms with van der Waals surface area (Å²) in [6.45, 7) is 3.15. The van der Waals surface area contributed by atoms with Gasteiger partial charge in [0, 0.05) is 26.7 Å². The largest absolute Gasteiger partial charge is 0.343 e. The molecule has 1 heterocycles. The van der Waals surface area contributed by atoms with Crippen molar-refractivity contribution < 1.29 is 9.18 Å². The average molecular weight is 307 g/mol. The molecule has 4 nitrogen and oxygen atoms in total. The van der Waals surface area contributed by atoms with Gasteiger partial charge >= 0.3 is 0 Å². The number of hydrogen-bond acceptors (Lipinski definition) is 3. The van der Waals surface area contributed by atoms with E-state index in [2.05, 4.69) is 10.2 Å². The van der Waals surface area contributed by atoms with E-state index in [0.717, 1.165) is 44.5 Å². The highest BCUT2D eigenvalue weighted by Crippen LogP contribution is 2.21. The van der Waals surface area contributed by atoms with Gasteiger partial charge in [0.05, 0.1) is 6.04 Å². The molecule has 122 valence electrons. The first-order valence-electron chi connectivity index (χ1n) is 8.00. The van der Waals surface area contributed by atoms with Crippen LogP contribution in [-0.2, 0) is 11.3 Å². The summed E-state index contributed by atoms with van der Waals surface area (Å²) in [7, 11) is 3.75. The van der Waals surface area contributed by atoms with Crippen LogP contribution in [0.1, 0.15) is 24.8 Å². The predicted octanol–water partition coefficient (Wildman–Crippen LogP) is 1.86. The van der Waals surface area contributed by atoms with Crippen molar-refractivity contribution in [2.24, 2.45) is 0 Å². The predicted molar refractivity (Wildman–Crippen MR) is 86.0 cm³/mol. The van der Waals surface area contributed by atoms with E-state index in [4.69, 9.17) is 0 Å². The minimum absolute atomic E-state index is 0.0549. The third-order valence-corrected chi connectivity index (χ3v) is 4.27. The van der Waals surface area contributed by atoms with Crippen LogP contribution in [0.3, 0.4) is 0 Å². The molecule has 5 heteroatoms. The van der Waals surface area contributed by atoms with Crippen LogP contribution in [0.4, 0.5) is 4.39 Å². The molecule has 1 aliphatic heterocycles. The molecule has 1 fully saturated rings. The third-order valence-electron chi connectivity index (χ3n) is 4.27. The monoisotopic (exact) mass is 307 g/mol. The third kappa shape index (κ3) is 4.52. The number of nitrogens with one attached hydrogen (secondary N) is 1. The van der Waals surface area contributed by atoms with E-state index in [0.29, 0.717) is 6.54 Å². The van der Waals surface area contributed by atoms with Gasteiger partial charge in [-0.3, -0.25) is 9.69 Å². The Morgan fingerprint density at radius 2 is 2.09 bits per heavy atom. The standard InChI is InChI=1S/C17H26FN3O/c1-19-10-12-20(2)17(22)16-5-3-4-11-21(16)13-14-6-8-15(18)9-7-14/h6-9,16,19H,3-5,10-13H2,1-2H3. The molecule has 1 aliphatic rings. The maximum absolute atomic E-state index is 13.0. The highest BCUT2D eigenvalue weighted by Gasteiger charge is 2.30. The number of nitrogens with zero attached hydrogens (tertiary/aromatic N) is 2. The Hall–Kier alpha value is -1.46. The van der Waals surface area contributed by atoms with Gasteiger partial charge in [-0.1, -0.05) is 18.6 Å². The van der Waals surface area contributed by atoms with Gasteiger partial charge in [-0.05, 0) is 44.1 Å². The fourth-order valence-corrected chi connectivity index (χ4v) is 2.93. The number of rotatable bonds is 6. The number of likely N-dealkylation sites (tertiary alicyclic amines) is 1. The summed E-state index contributed by atoms with van der Waals surface area (Å²) in [6, 6.07) is 6.51. The van der Waals surface area contributed by atoms with Crippen LogP contribution < -0.4 is 5.32 Å². The van der Waals surface area contributed by atoms with Gasteiger partial charge in [0.2, 0.25) is 5.91 Å². The molecule has 22 heavy (non-hydrogen) atoms. The molecule has 0 aliphatic carbocycles. The van der Waals surface area contributed by atoms with Crippen molar-refractivity contribution in [3.05, 3.63) is 35.6 Å². The van der Waals surface area contributed by atoms with Gasteiger partial charge in [-0.15, -0.1) is 0 Å². The Balaban J connectivity index is 2.01. The number of piperidine rings is 1. The first-order chi connectivity index (χ1) is 10.6. The quantitative estimate of drug-likeness (QED) is 0.871. The molecule has 1 aromatic rings. The molecule has 0 bridgehead atoms. The zero-order valence-electron chi connectivity index (χ0n) is 13.5. The minimum atomic E-state index is -0.221. The summed E-state index contributed by atoms with van der Waals surface area (Å²) in [4.78, 5) is 16.7. The van der Waals surface area contributed by atoms with Crippen LogP contribution in [0.2, 0.25) is 0 Å². The molecular formula is C17H26FN3O. The minimum Gasteiger partial charge on any atom is -0.343 e. The van der Waals surface area contributed by atoms with E-state index in [-0.39, 0.29) is 17.8 Å². The number of benzene rings is 1. The summed E-state index contributed by atoms with van der Waals surface area (Å²) in [5.41, 5.74) is 1.05. The Morgan fingerprint density at radius 1 is 1.36 bits per heavy atom. The summed E-state index contributed by atoms with van der Waals surface area (Å²) in [5.74, 6) is -0.0288. The number of carbonyl (C=O) groups excluding carboxylic acids is 1. The number of amides is 1. The Bertz CT molecular complexity index is 477. The van der Waals surface area contributed by atoms with Crippen molar-refractivity contribution in [1.29, 1.82) is 0 Å². The highest BCUT2D eigenvalue weighted by atomic mass is 19.1. The lowest BCUT2D eigenvalue weighted by Gasteiger charge is -2.36. The fourth-order valence-electron chi connectivity index (χ4n) is 2.93. The van der Waals surface area contributed by atoms with Crippen LogP contribution >= 0.6 is 0 Å². The molecule has 1 amide bonds. The normalized spacial score (nSPS) is 19.1. The van der Waals surface area contributed by atoms with Gasteiger partial charge in [-0.25, -0.2) is 4.39 Å². The van der Waals surface area contributed by atoms with Crippen molar-refractivity contribution in [2.75, 3.05) is 33.7 Å². The summed E-state index contributed by atoms with van der Waals surface area (Å²) >= 11 is 0. The molecule has 1 unspecified atom stereocenters. The van der Waals surface area contributed by atoms with Crippen molar-refractivity contribution in [1.82, 2.24) is 15.1 Å². The fraction of sp³-hybridized carbons (Fsp3) is 0.588. The second-order valence-electron chi connectivity index (χ2n) is 5.97. The lowest BCUT2D eigenvalue weighted by molar-refractivity contribution is -0.137. The second kappa shape index (κ2) is 8.25. The topological polar surface area (TPSA) is 35.6 Å². The Morgan fingerprint density at radius 3 is 2.77 bits per heavy atom. The van der Waals surface area contributed by atoms with E-state index < -0.39 is 0 Å². The van der Waals surface area contributed by atoms with Crippen LogP contribution in [0.15, 0.2) is 24.3 Å². The highest BCUT2D eigenvalue weighted by molar-refractivity contribution is 5.81. The molecule has 1 saturated heterocycles. The van der Waals surface area contributed by atoms with Crippen LogP contribution in [0.5, 0.6) is 0 Å². The Kier molecular flexibility index (Phi) is 6.34. The van der Waals surface area contributed by atoms with Crippen LogP contribution in [-0.4, -0.2) is 55.5 Å². The molecule has 2 rings (SSSR count). The maximum atomic E-state index is 13.0. The molecule has 0 aromatic heterocycles. The lowest BCUT2D eigenvalue weighted by Crippen LogP contribution is -2.50. The van der Waals surface area contributed by atoms with E-state index in [9.17, 15) is 9.18 Å². The molecule has 0 radical (unpaired) electrons. The molecule has 0 saturated carbocycles. The van der Waals surface area contributed by atoms with E-state index in [1.807, 2.05) is 19.0 Å². The summed E-state index contributed by atoms with van der Waals surface area (Å²) < 4.78 is 13.0. The number of hydrogen-bond donors (Lipinski definition) is 1. The zero-order valence-corrected chi connectivity index (χ0v) is 13.5. The molecule has 0 spiro atoms. The molecule has 1 N–H and O–H groups in total. The number of likely N-dealkylation sites (N-methyl/N-ethyl adjacent to an activating group) is 2. The smallest absolute Gasteiger partial charge is 0.239 e. The van der Waals surface area contributed by atoms with Crippen LogP contribution in [0.25, 0.3) is 0 Å². The molecule has 1 atom stereocenters. The van der Waals surface area contributed by atoms with E-state index in [1.54, 1.807) is 12.1 Å². The zero-order chi connectivity index (χ0) is 15.9.